The van der Waals surface area contributed by atoms with Crippen LogP contribution in [0.2, 0.25) is 13.1 Å². The summed E-state index contributed by atoms with van der Waals surface area (Å²) >= 11 is 0. The monoisotopic (exact) mass is 332 g/mol. The van der Waals surface area contributed by atoms with Crippen molar-refractivity contribution in [3.63, 3.8) is 0 Å². The molecule has 0 radical (unpaired) electrons. The summed E-state index contributed by atoms with van der Waals surface area (Å²) in [6.07, 6.45) is 0. The second kappa shape index (κ2) is 8.08. The number of rotatable bonds is 10. The Balaban J connectivity index is 5.59. The molecule has 0 fully saturated rings. The normalized spacial score (nSPS) is 13.8. The molecule has 0 rings (SSSR count). The zero-order valence-corrected chi connectivity index (χ0v) is 15.5. The molecule has 9 heteroatoms. The molecule has 0 spiro atoms. The van der Waals surface area contributed by atoms with Gasteiger partial charge >= 0.3 is 21.7 Å². The van der Waals surface area contributed by atoms with Crippen LogP contribution in [0, 0.1) is 0 Å². The van der Waals surface area contributed by atoms with E-state index in [4.69, 9.17) is 18.1 Å². The smallest absolute Gasteiger partial charge is 0.313 e. The minimum atomic E-state index is -3.48. The molecule has 0 unspecified atom stereocenters. The van der Waals surface area contributed by atoms with Crippen molar-refractivity contribution in [3.05, 3.63) is 0 Å². The maximum Gasteiger partial charge on any atom is 0.321 e. The number of hydrogen-bond donors (Lipinski definition) is 0. The van der Waals surface area contributed by atoms with Gasteiger partial charge in [-0.1, -0.05) is 0 Å². The van der Waals surface area contributed by atoms with E-state index < -0.39 is 21.7 Å². The Kier molecular flexibility index (Phi) is 8.30. The predicted octanol–water partition coefficient (Wildman–Crippen LogP) is 4.22. The van der Waals surface area contributed by atoms with Crippen molar-refractivity contribution in [2.45, 2.75) is 40.8 Å². The van der Waals surface area contributed by atoms with Gasteiger partial charge < -0.3 is 18.1 Å². The van der Waals surface area contributed by atoms with Gasteiger partial charge in [0.1, 0.15) is 0 Å². The fraction of sp³-hybridized carbons (Fsp3) is 1.00. The van der Waals surface area contributed by atoms with Crippen LogP contribution in [0.3, 0.4) is 0 Å². The molecular weight excluding hydrogens is 306 g/mol. The van der Waals surface area contributed by atoms with Gasteiger partial charge in [-0.25, -0.2) is 0 Å². The van der Waals surface area contributed by atoms with E-state index in [9.17, 15) is 9.13 Å². The van der Waals surface area contributed by atoms with Gasteiger partial charge in [-0.2, -0.15) is 0 Å². The summed E-state index contributed by atoms with van der Waals surface area (Å²) in [5.74, 6) is 0. The molecule has 116 valence electrons. The van der Waals surface area contributed by atoms with Crippen LogP contribution in [0.1, 0.15) is 27.7 Å². The average molecular weight is 332 g/mol. The molecule has 0 aromatic heterocycles. The maximum atomic E-state index is 12.9. The van der Waals surface area contributed by atoms with Gasteiger partial charge in [-0.15, -0.1) is 0 Å². The highest BCUT2D eigenvalue weighted by Gasteiger charge is 2.61. The first-order valence-corrected chi connectivity index (χ1v) is 14.3. The molecule has 0 aliphatic carbocycles. The molecule has 19 heavy (non-hydrogen) atoms. The van der Waals surface area contributed by atoms with E-state index in [0.717, 1.165) is 0 Å². The van der Waals surface area contributed by atoms with E-state index in [1.54, 1.807) is 40.8 Å². The Hall–Kier alpha value is 0.517. The molecule has 6 nitrogen and oxygen atoms in total. The van der Waals surface area contributed by atoms with Crippen molar-refractivity contribution in [1.82, 2.24) is 0 Å². The molecule has 0 N–H and O–H groups in total. The van der Waals surface area contributed by atoms with Gasteiger partial charge in [-0.3, -0.25) is 9.13 Å². The van der Waals surface area contributed by atoms with Crippen molar-refractivity contribution in [1.29, 1.82) is 0 Å². The third-order valence-electron chi connectivity index (χ3n) is 2.54. The first-order chi connectivity index (χ1) is 8.74. The van der Waals surface area contributed by atoms with Gasteiger partial charge in [0.05, 0.1) is 26.4 Å². The summed E-state index contributed by atoms with van der Waals surface area (Å²) < 4.78 is 47.2. The zero-order chi connectivity index (χ0) is 15.2. The van der Waals surface area contributed by atoms with Crippen LogP contribution in [0.4, 0.5) is 0 Å². The molecule has 0 aliphatic heterocycles. The van der Waals surface area contributed by atoms with E-state index in [-0.39, 0.29) is 26.4 Å². The Labute approximate surface area is 116 Å². The predicted molar refractivity (Wildman–Crippen MR) is 79.2 cm³/mol. The zero-order valence-electron chi connectivity index (χ0n) is 12.7. The molecule has 0 saturated heterocycles. The molecule has 0 aromatic carbocycles. The highest BCUT2D eigenvalue weighted by Crippen LogP contribution is 2.74. The van der Waals surface area contributed by atoms with Crippen LogP contribution in [0.25, 0.3) is 0 Å². The summed E-state index contributed by atoms with van der Waals surface area (Å²) in [7, 11) is -10.0. The first kappa shape index (κ1) is 19.5. The van der Waals surface area contributed by atoms with Crippen LogP contribution >= 0.6 is 14.3 Å². The van der Waals surface area contributed by atoms with Gasteiger partial charge in [0.25, 0.3) is 0 Å². The second-order valence-corrected chi connectivity index (χ2v) is 21.2. The van der Waals surface area contributed by atoms with Crippen LogP contribution in [-0.4, -0.2) is 33.8 Å². The van der Waals surface area contributed by atoms with Crippen LogP contribution in [0.5, 0.6) is 0 Å². The van der Waals surface area contributed by atoms with E-state index in [0.29, 0.717) is 0 Å². The van der Waals surface area contributed by atoms with Crippen molar-refractivity contribution in [2.75, 3.05) is 26.4 Å². The molecule has 0 amide bonds. The topological polar surface area (TPSA) is 71.1 Å². The van der Waals surface area contributed by atoms with Crippen molar-refractivity contribution < 1.29 is 27.2 Å². The van der Waals surface area contributed by atoms with Gasteiger partial charge in [0, 0.05) is 0 Å². The second-order valence-electron chi connectivity index (χ2n) is 4.16. The fourth-order valence-corrected chi connectivity index (χ4v) is 15.6. The van der Waals surface area contributed by atoms with Crippen LogP contribution < -0.4 is 0 Å². The Morgan fingerprint density at radius 2 is 0.895 bits per heavy atom. The molecule has 0 aliphatic rings. The highest BCUT2D eigenvalue weighted by molar-refractivity contribution is 8.23. The summed E-state index contributed by atoms with van der Waals surface area (Å²) in [5, 5.41) is 0. The lowest BCUT2D eigenvalue weighted by molar-refractivity contribution is 0.225. The third-order valence-corrected chi connectivity index (χ3v) is 21.6. The number of hydrogen-bond acceptors (Lipinski definition) is 6. The lowest BCUT2D eigenvalue weighted by Crippen LogP contribution is -2.31. The Bertz CT molecular complexity index is 308. The lowest BCUT2D eigenvalue weighted by atomic mass is 10.9. The van der Waals surface area contributed by atoms with Crippen molar-refractivity contribution in [2.24, 2.45) is 0 Å². The van der Waals surface area contributed by atoms with E-state index in [1.807, 2.05) is 0 Å². The maximum absolute atomic E-state index is 12.9. The van der Waals surface area contributed by atoms with Crippen LogP contribution in [0.15, 0.2) is 0 Å². The summed E-state index contributed by atoms with van der Waals surface area (Å²) in [6.45, 7) is 11.2. The summed E-state index contributed by atoms with van der Waals surface area (Å²) in [4.78, 5) is 0. The average Bonchev–Trinajstić information content (AvgIpc) is 2.29. The molecule has 0 atom stereocenters. The molecule has 0 saturated carbocycles. The quantitative estimate of drug-likeness (QED) is 0.440. The minimum Gasteiger partial charge on any atom is -0.313 e. The third kappa shape index (κ3) is 4.24. The summed E-state index contributed by atoms with van der Waals surface area (Å²) in [5.41, 5.74) is 0. The Morgan fingerprint density at radius 1 is 0.684 bits per heavy atom. The Morgan fingerprint density at radius 3 is 1.05 bits per heavy atom. The first-order valence-electron chi connectivity index (χ1n) is 6.53. The standard InChI is InChI=1S/C10H26O6P2Si/c1-7-13-17(11,14-8-2)19(5,6)18(12,15-9-3)16-10-4/h7-10H2,1-6H3. The molecule has 0 bridgehead atoms. The highest BCUT2D eigenvalue weighted by atomic mass is 31.7. The van der Waals surface area contributed by atoms with E-state index >= 15 is 0 Å². The van der Waals surface area contributed by atoms with Gasteiger partial charge in [-0.05, 0) is 40.8 Å². The van der Waals surface area contributed by atoms with E-state index in [1.165, 1.54) is 0 Å². The van der Waals surface area contributed by atoms with Crippen molar-refractivity contribution >= 4 is 21.7 Å². The van der Waals surface area contributed by atoms with Gasteiger partial charge in [0.2, 0.25) is 0 Å². The van der Waals surface area contributed by atoms with E-state index in [2.05, 4.69) is 0 Å². The van der Waals surface area contributed by atoms with Crippen LogP contribution in [-0.2, 0) is 27.2 Å². The summed E-state index contributed by atoms with van der Waals surface area (Å²) in [6, 6.07) is 0. The van der Waals surface area contributed by atoms with Crippen molar-refractivity contribution in [3.8, 4) is 0 Å². The molecule has 0 heterocycles. The molecule has 0 aromatic rings. The molecular formula is C10H26O6P2Si. The lowest BCUT2D eigenvalue weighted by Gasteiger charge is -2.35. The SMILES string of the molecule is CCOP(=O)(OCC)[Si](C)(C)P(=O)(OCC)OCC. The van der Waals surface area contributed by atoms with Gasteiger partial charge in [0.15, 0.2) is 0 Å². The minimum absolute atomic E-state index is 0.228. The largest absolute Gasteiger partial charge is 0.321 e. The fourth-order valence-electron chi connectivity index (χ4n) is 1.54.